The maximum atomic E-state index is 13.5. The summed E-state index contributed by atoms with van der Waals surface area (Å²) in [5.41, 5.74) is 0.727. The molecule has 0 amide bonds. The molecule has 1 heterocycles. The molecule has 4 heteroatoms. The standard InChI is InChI=1S/C13H18FNO2/c1-15-11(9-13-16-6-7-17-13)8-10-4-2-3-5-12(10)14/h2-5,11,13,15H,6-9H2,1H3. The summed E-state index contributed by atoms with van der Waals surface area (Å²) >= 11 is 0. The zero-order valence-electron chi connectivity index (χ0n) is 9.99. The maximum Gasteiger partial charge on any atom is 0.159 e. The molecule has 1 fully saturated rings. The molecule has 1 N–H and O–H groups in total. The van der Waals surface area contributed by atoms with Crippen molar-refractivity contribution in [2.24, 2.45) is 0 Å². The fourth-order valence-corrected chi connectivity index (χ4v) is 2.01. The van der Waals surface area contributed by atoms with Gasteiger partial charge in [-0.05, 0) is 25.1 Å². The Balaban J connectivity index is 1.92. The van der Waals surface area contributed by atoms with Gasteiger partial charge in [0, 0.05) is 12.5 Å². The van der Waals surface area contributed by atoms with Crippen LogP contribution in [0.25, 0.3) is 0 Å². The van der Waals surface area contributed by atoms with E-state index in [1.165, 1.54) is 6.07 Å². The second kappa shape index (κ2) is 6.10. The van der Waals surface area contributed by atoms with Crippen LogP contribution in [0, 0.1) is 5.82 Å². The molecule has 1 aliphatic rings. The van der Waals surface area contributed by atoms with E-state index >= 15 is 0 Å². The lowest BCUT2D eigenvalue weighted by Gasteiger charge is -2.19. The molecule has 0 aliphatic carbocycles. The highest BCUT2D eigenvalue weighted by atomic mass is 19.1. The van der Waals surface area contributed by atoms with Gasteiger partial charge in [-0.1, -0.05) is 18.2 Å². The van der Waals surface area contributed by atoms with Crippen LogP contribution >= 0.6 is 0 Å². The van der Waals surface area contributed by atoms with Gasteiger partial charge in [0.05, 0.1) is 13.2 Å². The minimum absolute atomic E-state index is 0.152. The molecule has 0 bridgehead atoms. The molecule has 0 spiro atoms. The SMILES string of the molecule is CNC(Cc1ccccc1F)CC1OCCO1. The Morgan fingerprint density at radius 1 is 1.35 bits per heavy atom. The molecule has 0 aromatic heterocycles. The first-order valence-corrected chi connectivity index (χ1v) is 5.93. The molecular formula is C13H18FNO2. The molecule has 1 unspecified atom stereocenters. The summed E-state index contributed by atoms with van der Waals surface area (Å²) in [6, 6.07) is 7.03. The average molecular weight is 239 g/mol. The number of rotatable bonds is 5. The summed E-state index contributed by atoms with van der Waals surface area (Å²) < 4.78 is 24.3. The van der Waals surface area contributed by atoms with E-state index in [4.69, 9.17) is 9.47 Å². The first-order chi connectivity index (χ1) is 8.29. The van der Waals surface area contributed by atoms with Gasteiger partial charge in [0.15, 0.2) is 6.29 Å². The van der Waals surface area contributed by atoms with Gasteiger partial charge in [0.25, 0.3) is 0 Å². The van der Waals surface area contributed by atoms with E-state index < -0.39 is 0 Å². The van der Waals surface area contributed by atoms with E-state index in [1.54, 1.807) is 6.07 Å². The first kappa shape index (κ1) is 12.5. The van der Waals surface area contributed by atoms with Crippen LogP contribution in [0.4, 0.5) is 4.39 Å². The van der Waals surface area contributed by atoms with Crippen LogP contribution in [0.5, 0.6) is 0 Å². The van der Waals surface area contributed by atoms with E-state index in [1.807, 2.05) is 19.2 Å². The number of likely N-dealkylation sites (N-methyl/N-ethyl adjacent to an activating group) is 1. The molecule has 2 rings (SSSR count). The van der Waals surface area contributed by atoms with Crippen molar-refractivity contribution in [1.29, 1.82) is 0 Å². The van der Waals surface area contributed by atoms with E-state index in [9.17, 15) is 4.39 Å². The predicted molar refractivity (Wildman–Crippen MR) is 63.3 cm³/mol. The topological polar surface area (TPSA) is 30.5 Å². The Morgan fingerprint density at radius 2 is 2.06 bits per heavy atom. The minimum atomic E-state index is -0.153. The summed E-state index contributed by atoms with van der Waals surface area (Å²) in [7, 11) is 1.88. The van der Waals surface area contributed by atoms with E-state index in [-0.39, 0.29) is 18.1 Å². The second-order valence-electron chi connectivity index (χ2n) is 4.19. The third-order valence-corrected chi connectivity index (χ3v) is 3.00. The molecular weight excluding hydrogens is 221 g/mol. The number of hydrogen-bond donors (Lipinski definition) is 1. The molecule has 3 nitrogen and oxygen atoms in total. The van der Waals surface area contributed by atoms with Crippen molar-refractivity contribution in [1.82, 2.24) is 5.32 Å². The lowest BCUT2D eigenvalue weighted by molar-refractivity contribution is -0.0523. The summed E-state index contributed by atoms with van der Waals surface area (Å²) in [6.07, 6.45) is 1.23. The Hall–Kier alpha value is -0.970. The lowest BCUT2D eigenvalue weighted by atomic mass is 10.0. The van der Waals surface area contributed by atoms with Gasteiger partial charge in [0.2, 0.25) is 0 Å². The van der Waals surface area contributed by atoms with Gasteiger partial charge in [-0.25, -0.2) is 4.39 Å². The van der Waals surface area contributed by atoms with Crippen LogP contribution in [-0.4, -0.2) is 32.6 Å². The monoisotopic (exact) mass is 239 g/mol. The van der Waals surface area contributed by atoms with E-state index in [0.29, 0.717) is 19.6 Å². The fraction of sp³-hybridized carbons (Fsp3) is 0.538. The Kier molecular flexibility index (Phi) is 4.48. The summed E-state index contributed by atoms with van der Waals surface area (Å²) in [5, 5.41) is 3.18. The highest BCUT2D eigenvalue weighted by Gasteiger charge is 2.21. The Morgan fingerprint density at radius 3 is 2.71 bits per heavy atom. The van der Waals surface area contributed by atoms with Crippen molar-refractivity contribution in [2.45, 2.75) is 25.2 Å². The number of nitrogens with one attached hydrogen (secondary N) is 1. The highest BCUT2D eigenvalue weighted by Crippen LogP contribution is 2.15. The van der Waals surface area contributed by atoms with Crippen LogP contribution in [0.1, 0.15) is 12.0 Å². The number of hydrogen-bond acceptors (Lipinski definition) is 3. The van der Waals surface area contributed by atoms with Gasteiger partial charge in [-0.15, -0.1) is 0 Å². The Bertz CT molecular complexity index is 353. The normalized spacial score (nSPS) is 18.5. The highest BCUT2D eigenvalue weighted by molar-refractivity contribution is 5.18. The van der Waals surface area contributed by atoms with Crippen LogP contribution in [0.3, 0.4) is 0 Å². The van der Waals surface area contributed by atoms with Crippen molar-refractivity contribution in [3.8, 4) is 0 Å². The van der Waals surface area contributed by atoms with Gasteiger partial charge >= 0.3 is 0 Å². The molecule has 1 aromatic rings. The van der Waals surface area contributed by atoms with Gasteiger partial charge < -0.3 is 14.8 Å². The number of ether oxygens (including phenoxy) is 2. The molecule has 1 aliphatic heterocycles. The third-order valence-electron chi connectivity index (χ3n) is 3.00. The van der Waals surface area contributed by atoms with Crippen LogP contribution < -0.4 is 5.32 Å². The largest absolute Gasteiger partial charge is 0.350 e. The van der Waals surface area contributed by atoms with Gasteiger partial charge in [-0.2, -0.15) is 0 Å². The average Bonchev–Trinajstić information content (AvgIpc) is 2.84. The second-order valence-corrected chi connectivity index (χ2v) is 4.19. The van der Waals surface area contributed by atoms with Crippen molar-refractivity contribution < 1.29 is 13.9 Å². The predicted octanol–water partition coefficient (Wildman–Crippen LogP) is 1.72. The Labute approximate surface area is 101 Å². The summed E-state index contributed by atoms with van der Waals surface area (Å²) in [6.45, 7) is 1.31. The zero-order valence-corrected chi connectivity index (χ0v) is 9.99. The van der Waals surface area contributed by atoms with Crippen molar-refractivity contribution in [2.75, 3.05) is 20.3 Å². The minimum Gasteiger partial charge on any atom is -0.350 e. The molecule has 0 radical (unpaired) electrons. The van der Waals surface area contributed by atoms with Crippen molar-refractivity contribution in [3.63, 3.8) is 0 Å². The maximum absolute atomic E-state index is 13.5. The number of benzene rings is 1. The molecule has 1 saturated heterocycles. The first-order valence-electron chi connectivity index (χ1n) is 5.93. The smallest absolute Gasteiger partial charge is 0.159 e. The molecule has 17 heavy (non-hydrogen) atoms. The van der Waals surface area contributed by atoms with Crippen LogP contribution in [0.15, 0.2) is 24.3 Å². The summed E-state index contributed by atoms with van der Waals surface area (Å²) in [4.78, 5) is 0. The van der Waals surface area contributed by atoms with E-state index in [0.717, 1.165) is 12.0 Å². The third kappa shape index (κ3) is 3.49. The van der Waals surface area contributed by atoms with E-state index in [2.05, 4.69) is 5.32 Å². The molecule has 1 atom stereocenters. The molecule has 1 aromatic carbocycles. The quantitative estimate of drug-likeness (QED) is 0.848. The van der Waals surface area contributed by atoms with Crippen LogP contribution in [0.2, 0.25) is 0 Å². The van der Waals surface area contributed by atoms with Gasteiger partial charge in [0.1, 0.15) is 5.82 Å². The summed E-state index contributed by atoms with van der Waals surface area (Å²) in [5.74, 6) is -0.152. The van der Waals surface area contributed by atoms with Crippen LogP contribution in [-0.2, 0) is 15.9 Å². The van der Waals surface area contributed by atoms with Crippen molar-refractivity contribution >= 4 is 0 Å². The number of halogens is 1. The lowest BCUT2D eigenvalue weighted by Crippen LogP contribution is -2.32. The molecule has 94 valence electrons. The zero-order chi connectivity index (χ0) is 12.1. The van der Waals surface area contributed by atoms with Crippen molar-refractivity contribution in [3.05, 3.63) is 35.6 Å². The molecule has 0 saturated carbocycles. The van der Waals surface area contributed by atoms with Gasteiger partial charge in [-0.3, -0.25) is 0 Å². The fourth-order valence-electron chi connectivity index (χ4n) is 2.01.